The van der Waals surface area contributed by atoms with E-state index in [1.54, 1.807) is 6.07 Å². The smallest absolute Gasteiger partial charge is 0.0247 e. The molecule has 0 saturated carbocycles. The van der Waals surface area contributed by atoms with Crippen molar-refractivity contribution in [2.75, 3.05) is 0 Å². The van der Waals surface area contributed by atoms with E-state index in [4.69, 9.17) is 0 Å². The number of nitrogens with zero attached hydrogens (tertiary/aromatic N) is 5. The molecule has 0 fully saturated rings. The molecule has 0 atom stereocenters. The van der Waals surface area contributed by atoms with E-state index < -0.39 is 0 Å². The molecule has 5 nitrogen and oxygen atoms in total. The standard InChI is InChI=1S/C6H7N2.C5H6N3.3W.3Y/c1-5-3-4-7-6(2)8-5;1-4-6-3-7-5(2)8-4;;;;;;/h3H,1-2H3;1-2H3;;;;;;/q2*-1;;;;;;. The van der Waals surface area contributed by atoms with Gasteiger partial charge < -0.3 is 24.9 Å². The molecule has 2 aromatic rings. The maximum absolute atomic E-state index is 4.03. The third-order valence-electron chi connectivity index (χ3n) is 1.59. The summed E-state index contributed by atoms with van der Waals surface area (Å²) in [5.41, 5.74) is 0.970. The van der Waals surface area contributed by atoms with E-state index in [0.717, 1.165) is 23.2 Å². The summed E-state index contributed by atoms with van der Waals surface area (Å²) in [5, 5.41) is 0. The van der Waals surface area contributed by atoms with Crippen molar-refractivity contribution in [3.8, 4) is 0 Å². The molecule has 0 unspecified atom stereocenters. The predicted octanol–water partition coefficient (Wildman–Crippen LogP) is 1.17. The van der Waals surface area contributed by atoms with E-state index in [9.17, 15) is 0 Å². The third-order valence-corrected chi connectivity index (χ3v) is 1.59. The Morgan fingerprint density at radius 1 is 0.682 bits per heavy atom. The van der Waals surface area contributed by atoms with Gasteiger partial charge in [0.05, 0.1) is 0 Å². The van der Waals surface area contributed by atoms with Crippen LogP contribution in [-0.4, -0.2) is 24.9 Å². The Hall–Kier alpha value is 3.47. The zero-order valence-corrected chi connectivity index (χ0v) is 30.1. The van der Waals surface area contributed by atoms with Crippen molar-refractivity contribution in [3.63, 3.8) is 0 Å². The molecule has 0 bridgehead atoms. The van der Waals surface area contributed by atoms with E-state index >= 15 is 0 Å². The fraction of sp³-hybridized carbons (Fsp3) is 0.364. The van der Waals surface area contributed by atoms with Crippen LogP contribution in [0.25, 0.3) is 0 Å². The van der Waals surface area contributed by atoms with Gasteiger partial charge in [0, 0.05) is 185 Å². The van der Waals surface area contributed by atoms with Crippen LogP contribution in [0.3, 0.4) is 0 Å². The monoisotopic (exact) mass is 1030 g/mol. The van der Waals surface area contributed by atoms with E-state index in [0.29, 0.717) is 0 Å². The first-order valence-corrected chi connectivity index (χ1v) is 4.81. The summed E-state index contributed by atoms with van der Waals surface area (Å²) in [5.74, 6) is 2.22. The van der Waals surface area contributed by atoms with E-state index in [-0.39, 0.29) is 161 Å². The van der Waals surface area contributed by atoms with Gasteiger partial charge in [-0.3, -0.25) is 0 Å². The van der Waals surface area contributed by atoms with Gasteiger partial charge in [-0.2, -0.15) is 0 Å². The van der Waals surface area contributed by atoms with Crippen molar-refractivity contribution >= 4 is 0 Å². The molecule has 0 amide bonds. The second-order valence-corrected chi connectivity index (χ2v) is 3.22. The second-order valence-electron chi connectivity index (χ2n) is 3.22. The number of aryl methyl sites for hydroxylation is 4. The van der Waals surface area contributed by atoms with Gasteiger partial charge in [-0.25, -0.2) is 0 Å². The molecule has 0 aliphatic rings. The van der Waals surface area contributed by atoms with Gasteiger partial charge in [0.15, 0.2) is 0 Å². The van der Waals surface area contributed by atoms with Crippen LogP contribution in [0.4, 0.5) is 0 Å². The summed E-state index contributed by atoms with van der Waals surface area (Å²) in [6.07, 6.45) is 5.18. The van der Waals surface area contributed by atoms with Gasteiger partial charge in [0.2, 0.25) is 0 Å². The van der Waals surface area contributed by atoms with Crippen molar-refractivity contribution in [3.05, 3.63) is 41.8 Å². The quantitative estimate of drug-likeness (QED) is 0.372. The molecule has 0 N–H and O–H groups in total. The molecule has 0 spiro atoms. The van der Waals surface area contributed by atoms with Crippen molar-refractivity contribution in [2.45, 2.75) is 27.7 Å². The summed E-state index contributed by atoms with van der Waals surface area (Å²) >= 11 is 0. The van der Waals surface area contributed by atoms with Gasteiger partial charge in [0.1, 0.15) is 0 Å². The van der Waals surface area contributed by atoms with Gasteiger partial charge in [0.25, 0.3) is 0 Å². The van der Waals surface area contributed by atoms with E-state index in [1.807, 2.05) is 27.7 Å². The maximum Gasteiger partial charge on any atom is 0.0247 e. The zero-order valence-electron chi connectivity index (χ0n) is 12.8. The van der Waals surface area contributed by atoms with Crippen LogP contribution < -0.4 is 0 Å². The van der Waals surface area contributed by atoms with Crippen molar-refractivity contribution in [1.29, 1.82) is 0 Å². The van der Waals surface area contributed by atoms with Crippen molar-refractivity contribution < 1.29 is 161 Å². The predicted molar refractivity (Wildman–Crippen MR) is 58.5 cm³/mol. The minimum atomic E-state index is 0. The Morgan fingerprint density at radius 2 is 1.09 bits per heavy atom. The molecular formula is C11H13N5W3Y3-2. The molecule has 0 aliphatic heterocycles. The van der Waals surface area contributed by atoms with Crippen LogP contribution in [0.15, 0.2) is 6.07 Å². The average molecular weight is 1030 g/mol. The molecule has 22 heavy (non-hydrogen) atoms. The van der Waals surface area contributed by atoms with Crippen LogP contribution in [0, 0.1) is 40.2 Å². The summed E-state index contributed by atoms with van der Waals surface area (Å²) in [6, 6.07) is 1.76. The fourth-order valence-electron chi connectivity index (χ4n) is 0.985. The average Bonchev–Trinajstić information content (AvgIpc) is 2.17. The summed E-state index contributed by atoms with van der Waals surface area (Å²) in [7, 11) is 0. The van der Waals surface area contributed by atoms with E-state index in [1.165, 1.54) is 0 Å². The van der Waals surface area contributed by atoms with Crippen molar-refractivity contribution in [2.24, 2.45) is 0 Å². The van der Waals surface area contributed by atoms with Gasteiger partial charge in [-0.1, -0.05) is 39.6 Å². The molecule has 0 saturated heterocycles. The SMILES string of the molecule is Cc1c[c-]nc(C)n1.Cc1n[c-]nc(C)n1.[W].[W].[W].[Y].[Y].[Y]. The number of hydrogen-bond acceptors (Lipinski definition) is 5. The molecule has 111 valence electrons. The first-order chi connectivity index (χ1) is 7.58. The largest absolute Gasteiger partial charge is 0.373 e. The Bertz CT molecular complexity index is 402. The second kappa shape index (κ2) is 24.5. The first kappa shape index (κ1) is 40.2. The number of hydrogen-bond donors (Lipinski definition) is 0. The Kier molecular flexibility index (Phi) is 44.7. The van der Waals surface area contributed by atoms with Crippen molar-refractivity contribution in [1.82, 2.24) is 24.9 Å². The molecule has 2 heterocycles. The Balaban J connectivity index is -0.0000000457. The molecule has 2 aromatic heterocycles. The summed E-state index contributed by atoms with van der Waals surface area (Å²) in [4.78, 5) is 19.1. The zero-order chi connectivity index (χ0) is 12.0. The number of aromatic nitrogens is 5. The first-order valence-electron chi connectivity index (χ1n) is 4.81. The molecule has 2 rings (SSSR count). The van der Waals surface area contributed by atoms with E-state index in [2.05, 4.69) is 37.4 Å². The molecule has 0 aliphatic carbocycles. The molecule has 0 aromatic carbocycles. The van der Waals surface area contributed by atoms with Gasteiger partial charge >= 0.3 is 0 Å². The fourth-order valence-corrected chi connectivity index (χ4v) is 0.985. The van der Waals surface area contributed by atoms with Crippen LogP contribution in [-0.2, 0) is 161 Å². The van der Waals surface area contributed by atoms with Gasteiger partial charge in [-0.05, 0) is 0 Å². The molecular weight excluding hydrogens is 1020 g/mol. The van der Waals surface area contributed by atoms with Gasteiger partial charge in [-0.15, -0.1) is 6.07 Å². The van der Waals surface area contributed by atoms with Crippen LogP contribution in [0.2, 0.25) is 0 Å². The van der Waals surface area contributed by atoms with Crippen LogP contribution in [0.1, 0.15) is 23.2 Å². The summed E-state index contributed by atoms with van der Waals surface area (Å²) < 4.78 is 0. The Labute approximate surface area is 250 Å². The topological polar surface area (TPSA) is 64.5 Å². The summed E-state index contributed by atoms with van der Waals surface area (Å²) in [6.45, 7) is 7.39. The van der Waals surface area contributed by atoms with Crippen LogP contribution in [0.5, 0.6) is 0 Å². The van der Waals surface area contributed by atoms with Crippen LogP contribution >= 0.6 is 0 Å². The number of rotatable bonds is 0. The third kappa shape index (κ3) is 21.5. The normalized spacial score (nSPS) is 6.73. The molecule has 3 radical (unpaired) electrons. The maximum atomic E-state index is 4.03. The minimum Gasteiger partial charge on any atom is -0.373 e. The minimum absolute atomic E-state index is 0. The Morgan fingerprint density at radius 3 is 1.32 bits per heavy atom. The molecule has 11 heteroatoms.